The SMILES string of the molecule is COc1ccc(CC2(Cc3ccc(OC)cc3)CC3(CCC(N)CC3)O2)cc1. The van der Waals surface area contributed by atoms with Crippen LogP contribution in [0.3, 0.4) is 0 Å². The van der Waals surface area contributed by atoms with E-state index in [2.05, 4.69) is 24.3 Å². The highest BCUT2D eigenvalue weighted by atomic mass is 16.6. The first-order valence-electron chi connectivity index (χ1n) is 10.3. The third kappa shape index (κ3) is 4.03. The predicted molar refractivity (Wildman–Crippen MR) is 111 cm³/mol. The molecule has 1 aliphatic heterocycles. The van der Waals surface area contributed by atoms with Gasteiger partial charge in [-0.25, -0.2) is 0 Å². The van der Waals surface area contributed by atoms with Crippen molar-refractivity contribution in [3.05, 3.63) is 59.7 Å². The van der Waals surface area contributed by atoms with Crippen LogP contribution in [0.1, 0.15) is 43.2 Å². The van der Waals surface area contributed by atoms with Gasteiger partial charge in [0.15, 0.2) is 0 Å². The molecule has 2 fully saturated rings. The first kappa shape index (κ1) is 19.3. The summed E-state index contributed by atoms with van der Waals surface area (Å²) in [5, 5.41) is 0. The Bertz CT molecular complexity index is 717. The second-order valence-corrected chi connectivity index (χ2v) is 8.53. The van der Waals surface area contributed by atoms with E-state index in [4.69, 9.17) is 19.9 Å². The number of hydrogen-bond acceptors (Lipinski definition) is 4. The van der Waals surface area contributed by atoms with Crippen LogP contribution in [-0.4, -0.2) is 31.5 Å². The highest BCUT2D eigenvalue weighted by Gasteiger charge is 2.56. The van der Waals surface area contributed by atoms with Crippen molar-refractivity contribution in [1.29, 1.82) is 0 Å². The van der Waals surface area contributed by atoms with Crippen molar-refractivity contribution in [2.24, 2.45) is 5.73 Å². The van der Waals surface area contributed by atoms with Crippen LogP contribution in [0.4, 0.5) is 0 Å². The zero-order valence-electron chi connectivity index (χ0n) is 16.9. The van der Waals surface area contributed by atoms with Gasteiger partial charge in [0.1, 0.15) is 11.5 Å². The molecule has 0 aromatic heterocycles. The molecule has 0 atom stereocenters. The molecule has 1 spiro atoms. The lowest BCUT2D eigenvalue weighted by molar-refractivity contribution is -0.284. The van der Waals surface area contributed by atoms with E-state index in [0.29, 0.717) is 6.04 Å². The quantitative estimate of drug-likeness (QED) is 0.811. The van der Waals surface area contributed by atoms with E-state index in [0.717, 1.165) is 56.4 Å². The van der Waals surface area contributed by atoms with Gasteiger partial charge in [0.2, 0.25) is 0 Å². The minimum absolute atomic E-state index is 0.0365. The Labute approximate surface area is 168 Å². The second-order valence-electron chi connectivity index (χ2n) is 8.53. The highest BCUT2D eigenvalue weighted by molar-refractivity contribution is 5.32. The topological polar surface area (TPSA) is 53.7 Å². The largest absolute Gasteiger partial charge is 0.497 e. The summed E-state index contributed by atoms with van der Waals surface area (Å²) in [6, 6.07) is 17.1. The lowest BCUT2D eigenvalue weighted by Gasteiger charge is -2.59. The third-order valence-electron chi connectivity index (χ3n) is 6.39. The van der Waals surface area contributed by atoms with Gasteiger partial charge >= 0.3 is 0 Å². The van der Waals surface area contributed by atoms with Crippen LogP contribution in [0.5, 0.6) is 11.5 Å². The number of rotatable bonds is 6. The maximum atomic E-state index is 6.81. The molecule has 0 radical (unpaired) electrons. The van der Waals surface area contributed by atoms with Gasteiger partial charge in [-0.15, -0.1) is 0 Å². The molecule has 150 valence electrons. The molecule has 2 N–H and O–H groups in total. The summed E-state index contributed by atoms with van der Waals surface area (Å²) in [5.41, 5.74) is 8.59. The molecule has 1 aliphatic carbocycles. The normalized spacial score (nSPS) is 25.9. The maximum absolute atomic E-state index is 6.81. The number of benzene rings is 2. The standard InChI is InChI=1S/C24H31NO3/c1-26-21-7-3-18(4-8-21)15-24(16-19-5-9-22(27-2)10-6-19)17-23(28-24)13-11-20(25)12-14-23/h3-10,20H,11-17,25H2,1-2H3. The number of hydrogen-bond donors (Lipinski definition) is 1. The van der Waals surface area contributed by atoms with E-state index in [9.17, 15) is 0 Å². The summed E-state index contributed by atoms with van der Waals surface area (Å²) in [6.07, 6.45) is 7.24. The average Bonchev–Trinajstić information content (AvgIpc) is 2.70. The molecule has 1 saturated heterocycles. The van der Waals surface area contributed by atoms with Gasteiger partial charge in [0.05, 0.1) is 25.4 Å². The van der Waals surface area contributed by atoms with Crippen molar-refractivity contribution < 1.29 is 14.2 Å². The number of ether oxygens (including phenoxy) is 3. The summed E-state index contributed by atoms with van der Waals surface area (Å²) in [4.78, 5) is 0. The van der Waals surface area contributed by atoms with E-state index in [1.165, 1.54) is 11.1 Å². The van der Waals surface area contributed by atoms with Crippen molar-refractivity contribution in [3.8, 4) is 11.5 Å². The molecular formula is C24H31NO3. The van der Waals surface area contributed by atoms with Crippen molar-refractivity contribution >= 4 is 0 Å². The van der Waals surface area contributed by atoms with Crippen LogP contribution in [0.2, 0.25) is 0 Å². The van der Waals surface area contributed by atoms with Gasteiger partial charge in [-0.3, -0.25) is 0 Å². The Morgan fingerprint density at radius 3 is 1.68 bits per heavy atom. The Kier molecular flexibility index (Phi) is 5.35. The highest BCUT2D eigenvalue weighted by Crippen LogP contribution is 2.52. The van der Waals surface area contributed by atoms with Crippen molar-refractivity contribution in [2.45, 2.75) is 62.2 Å². The molecule has 0 amide bonds. The summed E-state index contributed by atoms with van der Waals surface area (Å²) in [6.45, 7) is 0. The summed E-state index contributed by atoms with van der Waals surface area (Å²) in [7, 11) is 3.40. The molecule has 1 saturated carbocycles. The van der Waals surface area contributed by atoms with Crippen LogP contribution in [0.25, 0.3) is 0 Å². The van der Waals surface area contributed by atoms with Crippen LogP contribution >= 0.6 is 0 Å². The van der Waals surface area contributed by atoms with E-state index in [1.54, 1.807) is 14.2 Å². The van der Waals surface area contributed by atoms with E-state index in [-0.39, 0.29) is 11.2 Å². The molecule has 1 heterocycles. The van der Waals surface area contributed by atoms with E-state index >= 15 is 0 Å². The fraction of sp³-hybridized carbons (Fsp3) is 0.500. The van der Waals surface area contributed by atoms with Gasteiger partial charge in [-0.05, 0) is 61.1 Å². The lowest BCUT2D eigenvalue weighted by Crippen LogP contribution is -2.63. The minimum Gasteiger partial charge on any atom is -0.497 e. The van der Waals surface area contributed by atoms with Crippen LogP contribution < -0.4 is 15.2 Å². The first-order chi connectivity index (χ1) is 13.5. The molecule has 4 nitrogen and oxygen atoms in total. The predicted octanol–water partition coefficient (Wildman–Crippen LogP) is 4.29. The van der Waals surface area contributed by atoms with Gasteiger partial charge in [0, 0.05) is 25.3 Å². The Hall–Kier alpha value is -2.04. The molecular weight excluding hydrogens is 350 g/mol. The Morgan fingerprint density at radius 1 is 0.857 bits per heavy atom. The number of nitrogens with two attached hydrogens (primary N) is 1. The maximum Gasteiger partial charge on any atom is 0.118 e. The molecule has 2 aromatic rings. The molecule has 0 bridgehead atoms. The summed E-state index contributed by atoms with van der Waals surface area (Å²) in [5.74, 6) is 1.78. The summed E-state index contributed by atoms with van der Waals surface area (Å²) >= 11 is 0. The van der Waals surface area contributed by atoms with Gasteiger partial charge < -0.3 is 19.9 Å². The van der Waals surface area contributed by atoms with Crippen molar-refractivity contribution in [2.75, 3.05) is 14.2 Å². The van der Waals surface area contributed by atoms with E-state index in [1.807, 2.05) is 24.3 Å². The van der Waals surface area contributed by atoms with Gasteiger partial charge in [-0.1, -0.05) is 24.3 Å². The zero-order valence-corrected chi connectivity index (χ0v) is 16.9. The fourth-order valence-electron chi connectivity index (χ4n) is 4.97. The molecule has 28 heavy (non-hydrogen) atoms. The van der Waals surface area contributed by atoms with Crippen LogP contribution in [0.15, 0.2) is 48.5 Å². The molecule has 4 rings (SSSR count). The smallest absolute Gasteiger partial charge is 0.118 e. The van der Waals surface area contributed by atoms with Crippen LogP contribution in [0, 0.1) is 0 Å². The minimum atomic E-state index is -0.148. The molecule has 2 aliphatic rings. The van der Waals surface area contributed by atoms with Crippen molar-refractivity contribution in [1.82, 2.24) is 0 Å². The average molecular weight is 382 g/mol. The lowest BCUT2D eigenvalue weighted by atomic mass is 9.66. The van der Waals surface area contributed by atoms with Gasteiger partial charge in [0.25, 0.3) is 0 Å². The third-order valence-corrected chi connectivity index (χ3v) is 6.39. The Balaban J connectivity index is 1.52. The van der Waals surface area contributed by atoms with Crippen LogP contribution in [-0.2, 0) is 17.6 Å². The number of methoxy groups -OCH3 is 2. The van der Waals surface area contributed by atoms with Gasteiger partial charge in [-0.2, -0.15) is 0 Å². The monoisotopic (exact) mass is 381 g/mol. The van der Waals surface area contributed by atoms with E-state index < -0.39 is 0 Å². The molecule has 0 unspecified atom stereocenters. The Morgan fingerprint density at radius 2 is 1.29 bits per heavy atom. The fourth-order valence-corrected chi connectivity index (χ4v) is 4.97. The van der Waals surface area contributed by atoms with Crippen molar-refractivity contribution in [3.63, 3.8) is 0 Å². The molecule has 4 heteroatoms. The molecule has 2 aromatic carbocycles. The zero-order chi connectivity index (χ0) is 19.6. The first-order valence-corrected chi connectivity index (χ1v) is 10.3. The summed E-state index contributed by atoms with van der Waals surface area (Å²) < 4.78 is 17.4. The second kappa shape index (κ2) is 7.76.